The van der Waals surface area contributed by atoms with Gasteiger partial charge in [-0.15, -0.1) is 0 Å². The molecule has 11 rings (SSSR count). The molecule has 9 aromatic rings. The minimum atomic E-state index is 0.745. The Bertz CT molecular complexity index is 3150. The molecule has 2 aliphatic rings. The van der Waals surface area contributed by atoms with Crippen molar-refractivity contribution < 1.29 is 4.42 Å². The van der Waals surface area contributed by atoms with E-state index in [0.29, 0.717) is 0 Å². The summed E-state index contributed by atoms with van der Waals surface area (Å²) in [4.78, 5) is 15.2. The molecule has 0 radical (unpaired) electrons. The number of hydrogen-bond donors (Lipinski definition) is 0. The van der Waals surface area contributed by atoms with Gasteiger partial charge in [0.25, 0.3) is 0 Å². The Labute approximate surface area is 330 Å². The van der Waals surface area contributed by atoms with Crippen LogP contribution in [0.15, 0.2) is 180 Å². The molecule has 0 atom stereocenters. The smallest absolute Gasteiger partial charge is 0.160 e. The first kappa shape index (κ1) is 33.2. The number of fused-ring (bicyclic) bond motifs is 7. The van der Waals surface area contributed by atoms with Crippen LogP contribution in [0, 0.1) is 0 Å². The van der Waals surface area contributed by atoms with Gasteiger partial charge in [-0.1, -0.05) is 158 Å². The van der Waals surface area contributed by atoms with Crippen molar-refractivity contribution in [3.05, 3.63) is 193 Å². The van der Waals surface area contributed by atoms with Crippen LogP contribution in [0.4, 0.5) is 0 Å². The predicted octanol–water partition coefficient (Wildman–Crippen LogP) is 14.1. The van der Waals surface area contributed by atoms with E-state index in [2.05, 4.69) is 152 Å². The first-order valence-corrected chi connectivity index (χ1v) is 19.8. The second-order valence-corrected chi connectivity index (χ2v) is 14.9. The van der Waals surface area contributed by atoms with E-state index in [1.54, 1.807) is 0 Å². The number of benzene rings is 6. The van der Waals surface area contributed by atoms with E-state index in [-0.39, 0.29) is 0 Å². The molecule has 0 bridgehead atoms. The maximum absolute atomic E-state index is 6.99. The molecule has 6 aromatic carbocycles. The van der Waals surface area contributed by atoms with Gasteiger partial charge in [-0.3, -0.25) is 0 Å². The van der Waals surface area contributed by atoms with Gasteiger partial charge in [0.1, 0.15) is 11.2 Å². The van der Waals surface area contributed by atoms with Crippen molar-refractivity contribution in [1.82, 2.24) is 15.0 Å². The number of hydrogen-bond acceptors (Lipinski definition) is 4. The zero-order valence-electron chi connectivity index (χ0n) is 31.3. The van der Waals surface area contributed by atoms with Crippen molar-refractivity contribution in [2.45, 2.75) is 25.7 Å². The van der Waals surface area contributed by atoms with Gasteiger partial charge in [0.2, 0.25) is 0 Å². The van der Waals surface area contributed by atoms with Crippen LogP contribution < -0.4 is 0 Å². The summed E-state index contributed by atoms with van der Waals surface area (Å²) >= 11 is 0. The molecule has 3 heterocycles. The number of aromatic nitrogens is 3. The summed E-state index contributed by atoms with van der Waals surface area (Å²) in [5.74, 6) is 0.745. The fraction of sp³-hybridized carbons (Fsp3) is 0.0755. The largest absolute Gasteiger partial charge is 0.455 e. The van der Waals surface area contributed by atoms with E-state index in [0.717, 1.165) is 120 Å². The van der Waals surface area contributed by atoms with Gasteiger partial charge in [-0.25, -0.2) is 15.0 Å². The van der Waals surface area contributed by atoms with Crippen LogP contribution in [0.3, 0.4) is 0 Å². The number of rotatable bonds is 6. The van der Waals surface area contributed by atoms with E-state index in [4.69, 9.17) is 19.4 Å². The predicted molar refractivity (Wildman–Crippen MR) is 236 cm³/mol. The summed E-state index contributed by atoms with van der Waals surface area (Å²) < 4.78 is 6.99. The third-order valence-electron chi connectivity index (χ3n) is 11.5. The Hall–Kier alpha value is -7.17. The van der Waals surface area contributed by atoms with Gasteiger partial charge in [-0.2, -0.15) is 0 Å². The first-order valence-electron chi connectivity index (χ1n) is 19.8. The molecule has 0 spiro atoms. The Kier molecular flexibility index (Phi) is 8.06. The summed E-state index contributed by atoms with van der Waals surface area (Å²) in [6.45, 7) is 0. The molecule has 3 aromatic heterocycles. The summed E-state index contributed by atoms with van der Waals surface area (Å²) in [7, 11) is 0. The molecule has 270 valence electrons. The minimum absolute atomic E-state index is 0.745. The standard InChI is InChI=1S/C53H37N3O/c1-4-13-37(14-5-1)47-33-48(56-53(55-47)40-17-8-3-9-18-40)38-29-25-35(26-30-38)34-23-27-36(28-24-34)41-20-12-21-42-43-31-32-45-49(52(43)57-51(41)42)44-19-10-11-22-46(44)54-50(45)39-15-6-2-7-16-39/h2-4,6-23,25-27,29-33H,1,5,24,28H2. The van der Waals surface area contributed by atoms with E-state index >= 15 is 0 Å². The van der Waals surface area contributed by atoms with E-state index in [1.165, 1.54) is 16.7 Å². The highest BCUT2D eigenvalue weighted by molar-refractivity contribution is 6.25. The lowest BCUT2D eigenvalue weighted by Crippen LogP contribution is -1.99. The van der Waals surface area contributed by atoms with Gasteiger partial charge in [-0.05, 0) is 66.2 Å². The number of para-hydroxylation sites is 2. The summed E-state index contributed by atoms with van der Waals surface area (Å²) in [5.41, 5.74) is 15.0. The average Bonchev–Trinajstić information content (AvgIpc) is 3.69. The van der Waals surface area contributed by atoms with Crippen LogP contribution >= 0.6 is 0 Å². The maximum Gasteiger partial charge on any atom is 0.160 e. The highest BCUT2D eigenvalue weighted by Gasteiger charge is 2.21. The SMILES string of the molecule is C1=CC(c2cc(-c3ccc(C4=CC=C(c5cccc6c5oc5c6ccc6c(-c7ccccc7)nc7ccccc7c65)CC4)cc3)nc(-c3ccccc3)n2)=CCC1. The zero-order valence-corrected chi connectivity index (χ0v) is 31.3. The van der Waals surface area contributed by atoms with Crippen LogP contribution in [-0.2, 0) is 0 Å². The van der Waals surface area contributed by atoms with Gasteiger partial charge < -0.3 is 4.42 Å². The third-order valence-corrected chi connectivity index (χ3v) is 11.5. The highest BCUT2D eigenvalue weighted by Crippen LogP contribution is 2.43. The van der Waals surface area contributed by atoms with Crippen molar-refractivity contribution in [2.24, 2.45) is 0 Å². The molecule has 0 saturated carbocycles. The van der Waals surface area contributed by atoms with Gasteiger partial charge >= 0.3 is 0 Å². The molecule has 4 heteroatoms. The number of pyridine rings is 1. The van der Waals surface area contributed by atoms with Crippen molar-refractivity contribution in [3.63, 3.8) is 0 Å². The van der Waals surface area contributed by atoms with Gasteiger partial charge in [0.05, 0.1) is 22.6 Å². The van der Waals surface area contributed by atoms with Crippen LogP contribution in [0.2, 0.25) is 0 Å². The summed E-state index contributed by atoms with van der Waals surface area (Å²) in [6.07, 6.45) is 15.2. The molecular weight excluding hydrogens is 695 g/mol. The highest BCUT2D eigenvalue weighted by atomic mass is 16.3. The molecule has 0 amide bonds. The lowest BCUT2D eigenvalue weighted by molar-refractivity contribution is 0.671. The molecule has 4 nitrogen and oxygen atoms in total. The monoisotopic (exact) mass is 731 g/mol. The number of allylic oxidation sites excluding steroid dienone is 8. The van der Waals surface area contributed by atoms with Crippen LogP contribution in [0.25, 0.3) is 94.2 Å². The topological polar surface area (TPSA) is 51.8 Å². The van der Waals surface area contributed by atoms with Crippen molar-refractivity contribution in [1.29, 1.82) is 0 Å². The maximum atomic E-state index is 6.99. The average molecular weight is 732 g/mol. The van der Waals surface area contributed by atoms with Crippen molar-refractivity contribution in [3.8, 4) is 33.9 Å². The first-order chi connectivity index (χ1) is 28.2. The van der Waals surface area contributed by atoms with Gasteiger partial charge in [0.15, 0.2) is 5.82 Å². The van der Waals surface area contributed by atoms with Gasteiger partial charge in [0, 0.05) is 49.2 Å². The fourth-order valence-electron chi connectivity index (χ4n) is 8.58. The molecule has 0 aliphatic heterocycles. The quantitative estimate of drug-likeness (QED) is 0.160. The zero-order chi connectivity index (χ0) is 37.7. The third kappa shape index (κ3) is 5.89. The lowest BCUT2D eigenvalue weighted by Gasteiger charge is -2.16. The van der Waals surface area contributed by atoms with E-state index in [1.807, 2.05) is 24.3 Å². The molecule has 0 N–H and O–H groups in total. The Morgan fingerprint density at radius 2 is 1.16 bits per heavy atom. The molecule has 0 unspecified atom stereocenters. The summed E-state index contributed by atoms with van der Waals surface area (Å²) in [5, 5.41) is 5.57. The summed E-state index contributed by atoms with van der Waals surface area (Å²) in [6, 6.07) is 51.1. The Morgan fingerprint density at radius 1 is 0.474 bits per heavy atom. The van der Waals surface area contributed by atoms with E-state index < -0.39 is 0 Å². The van der Waals surface area contributed by atoms with Crippen LogP contribution in [-0.4, -0.2) is 15.0 Å². The molecular formula is C53H37N3O. The van der Waals surface area contributed by atoms with Crippen molar-refractivity contribution in [2.75, 3.05) is 0 Å². The van der Waals surface area contributed by atoms with Crippen LogP contribution in [0.1, 0.15) is 42.5 Å². The Morgan fingerprint density at radius 3 is 1.95 bits per heavy atom. The number of furan rings is 1. The fourth-order valence-corrected chi connectivity index (χ4v) is 8.58. The molecule has 0 fully saturated rings. The molecule has 2 aliphatic carbocycles. The van der Waals surface area contributed by atoms with E-state index in [9.17, 15) is 0 Å². The molecule has 0 saturated heterocycles. The van der Waals surface area contributed by atoms with Crippen molar-refractivity contribution >= 4 is 60.3 Å². The lowest BCUT2D eigenvalue weighted by atomic mass is 9.89. The minimum Gasteiger partial charge on any atom is -0.455 e. The number of nitrogens with zero attached hydrogens (tertiary/aromatic N) is 3. The normalized spacial score (nSPS) is 14.3. The van der Waals surface area contributed by atoms with Crippen LogP contribution in [0.5, 0.6) is 0 Å². The Balaban J connectivity index is 0.953. The second kappa shape index (κ2) is 13.8. The second-order valence-electron chi connectivity index (χ2n) is 14.9. The molecule has 57 heavy (non-hydrogen) atoms.